The van der Waals surface area contributed by atoms with Gasteiger partial charge in [0.25, 0.3) is 0 Å². The van der Waals surface area contributed by atoms with Crippen LogP contribution >= 0.6 is 0 Å². The van der Waals surface area contributed by atoms with Gasteiger partial charge in [-0.05, 0) is 42.4 Å². The molecular formula is C30H39F2N3O4. The number of hydrogen-bond acceptors (Lipinski definition) is 5. The lowest BCUT2D eigenvalue weighted by Gasteiger charge is -2.38. The third kappa shape index (κ3) is 7.21. The van der Waals surface area contributed by atoms with Gasteiger partial charge in [-0.25, -0.2) is 8.78 Å². The molecule has 2 heterocycles. The Hall–Kier alpha value is -2.88. The van der Waals surface area contributed by atoms with Gasteiger partial charge in [0.15, 0.2) is 6.23 Å². The van der Waals surface area contributed by atoms with E-state index in [2.05, 4.69) is 31.4 Å². The largest absolute Gasteiger partial charge is 0.381 e. The Morgan fingerprint density at radius 3 is 2.28 bits per heavy atom. The van der Waals surface area contributed by atoms with Crippen molar-refractivity contribution in [1.82, 2.24) is 15.5 Å². The Morgan fingerprint density at radius 1 is 1.05 bits per heavy atom. The van der Waals surface area contributed by atoms with Gasteiger partial charge in [0.2, 0.25) is 11.8 Å². The number of carbonyl (C=O) groups is 2. The van der Waals surface area contributed by atoms with Gasteiger partial charge in [-0.1, -0.05) is 51.1 Å². The number of amides is 2. The first-order valence-electron chi connectivity index (χ1n) is 13.5. The maximum absolute atomic E-state index is 14.1. The van der Waals surface area contributed by atoms with E-state index in [1.165, 1.54) is 19.1 Å². The molecule has 7 nitrogen and oxygen atoms in total. The standard InChI is InChI=1S/C30H39F2N3O4/c1-20(36)35-25(16-21-14-23(31)17-24(32)15-21)26(39-27(35)22-8-6-5-7-9-22)18-34-30(10-12-38-13-11-30)28(37)33-19-29(2,3)4/h5-9,14-15,17,25-27,34H,10-13,16,18-19H2,1-4H3,(H,33,37)/t25-,26+,27?/m0/s1. The van der Waals surface area contributed by atoms with Gasteiger partial charge < -0.3 is 25.0 Å². The summed E-state index contributed by atoms with van der Waals surface area (Å²) in [5, 5.41) is 6.57. The second kappa shape index (κ2) is 12.1. The zero-order chi connectivity index (χ0) is 28.2. The Bertz CT molecular complexity index is 1130. The maximum Gasteiger partial charge on any atom is 0.240 e. The normalized spacial score (nSPS) is 23.0. The van der Waals surface area contributed by atoms with Crippen molar-refractivity contribution in [1.29, 1.82) is 0 Å². The predicted octanol–water partition coefficient (Wildman–Crippen LogP) is 4.12. The molecule has 2 aromatic rings. The van der Waals surface area contributed by atoms with Crippen molar-refractivity contribution in [2.45, 2.75) is 70.9 Å². The molecule has 0 spiro atoms. The van der Waals surface area contributed by atoms with E-state index >= 15 is 0 Å². The number of rotatable bonds is 8. The summed E-state index contributed by atoms with van der Waals surface area (Å²) in [6.07, 6.45) is -0.0296. The Morgan fingerprint density at radius 2 is 1.69 bits per heavy atom. The fourth-order valence-corrected chi connectivity index (χ4v) is 5.33. The minimum atomic E-state index is -0.853. The fourth-order valence-electron chi connectivity index (χ4n) is 5.33. The van der Waals surface area contributed by atoms with Gasteiger partial charge in [-0.3, -0.25) is 9.59 Å². The number of hydrogen-bond donors (Lipinski definition) is 2. The number of benzene rings is 2. The minimum Gasteiger partial charge on any atom is -0.381 e. The minimum absolute atomic E-state index is 0.0766. The molecule has 2 fully saturated rings. The third-order valence-electron chi connectivity index (χ3n) is 7.36. The Kier molecular flexibility index (Phi) is 9.03. The molecule has 2 aliphatic rings. The number of ether oxygens (including phenoxy) is 2. The highest BCUT2D eigenvalue weighted by Crippen LogP contribution is 2.37. The molecule has 39 heavy (non-hydrogen) atoms. The van der Waals surface area contributed by atoms with E-state index in [1.807, 2.05) is 30.3 Å². The average Bonchev–Trinajstić information content (AvgIpc) is 3.24. The molecule has 1 unspecified atom stereocenters. The molecule has 212 valence electrons. The first-order valence-corrected chi connectivity index (χ1v) is 13.5. The van der Waals surface area contributed by atoms with Crippen molar-refractivity contribution >= 4 is 11.8 Å². The van der Waals surface area contributed by atoms with Gasteiger partial charge in [-0.15, -0.1) is 0 Å². The second-order valence-corrected chi connectivity index (χ2v) is 11.7. The van der Waals surface area contributed by atoms with Gasteiger partial charge in [0, 0.05) is 44.9 Å². The summed E-state index contributed by atoms with van der Waals surface area (Å²) in [7, 11) is 0. The summed E-state index contributed by atoms with van der Waals surface area (Å²) in [6.45, 7) is 9.32. The molecule has 0 radical (unpaired) electrons. The van der Waals surface area contributed by atoms with Crippen molar-refractivity contribution in [2.24, 2.45) is 5.41 Å². The van der Waals surface area contributed by atoms with E-state index in [4.69, 9.17) is 9.47 Å². The molecule has 2 amide bonds. The first kappa shape index (κ1) is 29.1. The molecule has 0 saturated carbocycles. The number of halogens is 2. The van der Waals surface area contributed by atoms with Crippen LogP contribution in [0.4, 0.5) is 8.78 Å². The van der Waals surface area contributed by atoms with Gasteiger partial charge in [0.1, 0.15) is 17.2 Å². The fraction of sp³-hybridized carbons (Fsp3) is 0.533. The second-order valence-electron chi connectivity index (χ2n) is 11.7. The van der Waals surface area contributed by atoms with E-state index < -0.39 is 35.5 Å². The smallest absolute Gasteiger partial charge is 0.240 e. The quantitative estimate of drug-likeness (QED) is 0.524. The van der Waals surface area contributed by atoms with Gasteiger partial charge in [0.05, 0.1) is 12.1 Å². The van der Waals surface area contributed by atoms with Gasteiger partial charge in [-0.2, -0.15) is 0 Å². The summed E-state index contributed by atoms with van der Waals surface area (Å²) in [4.78, 5) is 28.1. The predicted molar refractivity (Wildman–Crippen MR) is 144 cm³/mol. The summed E-state index contributed by atoms with van der Waals surface area (Å²) in [5.74, 6) is -1.66. The van der Waals surface area contributed by atoms with Crippen LogP contribution < -0.4 is 10.6 Å². The molecule has 0 bridgehead atoms. The Labute approximate surface area is 229 Å². The molecule has 2 saturated heterocycles. The third-order valence-corrected chi connectivity index (χ3v) is 7.36. The van der Waals surface area contributed by atoms with Crippen LogP contribution in [0.3, 0.4) is 0 Å². The van der Waals surface area contributed by atoms with E-state index in [0.717, 1.165) is 11.6 Å². The topological polar surface area (TPSA) is 79.9 Å². The molecule has 9 heteroatoms. The van der Waals surface area contributed by atoms with E-state index in [0.29, 0.717) is 38.2 Å². The van der Waals surface area contributed by atoms with Crippen LogP contribution in [0.5, 0.6) is 0 Å². The zero-order valence-electron chi connectivity index (χ0n) is 23.1. The number of nitrogens with one attached hydrogen (secondary N) is 2. The van der Waals surface area contributed by atoms with E-state index in [-0.39, 0.29) is 30.2 Å². The lowest BCUT2D eigenvalue weighted by atomic mass is 9.87. The molecule has 0 aliphatic carbocycles. The number of nitrogens with zero attached hydrogens (tertiary/aromatic N) is 1. The number of carbonyl (C=O) groups excluding carboxylic acids is 2. The van der Waals surface area contributed by atoms with Crippen molar-refractivity contribution in [3.8, 4) is 0 Å². The SMILES string of the molecule is CC(=O)N1C(c2ccccc2)O[C@H](CNC2(C(=O)NCC(C)(C)C)CCOCC2)[C@@H]1Cc1cc(F)cc(F)c1. The molecule has 0 aromatic heterocycles. The Balaban J connectivity index is 1.62. The average molecular weight is 544 g/mol. The summed E-state index contributed by atoms with van der Waals surface area (Å²) < 4.78 is 40.2. The highest BCUT2D eigenvalue weighted by atomic mass is 19.1. The maximum atomic E-state index is 14.1. The molecule has 2 aromatic carbocycles. The first-order chi connectivity index (χ1) is 18.5. The van der Waals surface area contributed by atoms with Crippen LogP contribution in [-0.4, -0.2) is 60.7 Å². The van der Waals surface area contributed by atoms with Crippen molar-refractivity contribution in [3.63, 3.8) is 0 Å². The monoisotopic (exact) mass is 543 g/mol. The van der Waals surface area contributed by atoms with Crippen LogP contribution in [0.25, 0.3) is 0 Å². The summed E-state index contributed by atoms with van der Waals surface area (Å²) in [5.41, 5.74) is 0.297. The zero-order valence-corrected chi connectivity index (χ0v) is 23.1. The van der Waals surface area contributed by atoms with Crippen molar-refractivity contribution in [2.75, 3.05) is 26.3 Å². The van der Waals surface area contributed by atoms with Crippen molar-refractivity contribution < 1.29 is 27.8 Å². The summed E-state index contributed by atoms with van der Waals surface area (Å²) in [6, 6.07) is 12.3. The highest BCUT2D eigenvalue weighted by Gasteiger charge is 2.47. The van der Waals surface area contributed by atoms with Crippen LogP contribution in [0.1, 0.15) is 57.9 Å². The summed E-state index contributed by atoms with van der Waals surface area (Å²) >= 11 is 0. The van der Waals surface area contributed by atoms with Gasteiger partial charge >= 0.3 is 0 Å². The van der Waals surface area contributed by atoms with Crippen LogP contribution in [0, 0.1) is 17.0 Å². The van der Waals surface area contributed by atoms with Crippen LogP contribution in [0.2, 0.25) is 0 Å². The molecule has 4 rings (SSSR count). The lowest BCUT2D eigenvalue weighted by Crippen LogP contribution is -2.62. The highest BCUT2D eigenvalue weighted by molar-refractivity contribution is 5.86. The van der Waals surface area contributed by atoms with E-state index in [9.17, 15) is 18.4 Å². The van der Waals surface area contributed by atoms with Crippen molar-refractivity contribution in [3.05, 3.63) is 71.3 Å². The molecular weight excluding hydrogens is 504 g/mol. The van der Waals surface area contributed by atoms with Crippen LogP contribution in [-0.2, 0) is 25.5 Å². The molecule has 3 atom stereocenters. The van der Waals surface area contributed by atoms with E-state index in [1.54, 1.807) is 4.90 Å². The lowest BCUT2D eigenvalue weighted by molar-refractivity contribution is -0.135. The van der Waals surface area contributed by atoms with Crippen LogP contribution in [0.15, 0.2) is 48.5 Å². The molecule has 2 N–H and O–H groups in total. The molecule has 2 aliphatic heterocycles.